The minimum absolute atomic E-state index is 0.0932. The molecule has 0 saturated carbocycles. The van der Waals surface area contributed by atoms with E-state index in [1.165, 1.54) is 0 Å². The molecule has 148 valence electrons. The van der Waals surface area contributed by atoms with Gasteiger partial charge in [-0.25, -0.2) is 0 Å². The molecule has 28 heavy (non-hydrogen) atoms. The van der Waals surface area contributed by atoms with Crippen molar-refractivity contribution in [1.82, 2.24) is 4.90 Å². The largest absolute Gasteiger partial charge is 0.493 e. The molecular weight excluding hydrogens is 402 g/mol. The number of hydrogen-bond acceptors (Lipinski definition) is 6. The third-order valence-corrected chi connectivity index (χ3v) is 7.42. The Hall–Kier alpha value is -2.25. The van der Waals surface area contributed by atoms with Crippen molar-refractivity contribution in [3.63, 3.8) is 0 Å². The van der Waals surface area contributed by atoms with E-state index in [9.17, 15) is 4.79 Å². The third kappa shape index (κ3) is 2.53. The van der Waals surface area contributed by atoms with Crippen molar-refractivity contribution in [2.24, 2.45) is 0 Å². The van der Waals surface area contributed by atoms with Gasteiger partial charge in [-0.2, -0.15) is 0 Å². The van der Waals surface area contributed by atoms with Gasteiger partial charge in [0.2, 0.25) is 5.91 Å². The van der Waals surface area contributed by atoms with Crippen molar-refractivity contribution in [2.75, 3.05) is 28.4 Å². The Morgan fingerprint density at radius 2 is 1.57 bits per heavy atom. The molecule has 0 spiro atoms. The fraction of sp³-hybridized carbons (Fsp3) is 0.350. The van der Waals surface area contributed by atoms with E-state index in [2.05, 4.69) is 0 Å². The van der Waals surface area contributed by atoms with Crippen LogP contribution < -0.4 is 18.9 Å². The van der Waals surface area contributed by atoms with E-state index < -0.39 is 10.2 Å². The minimum Gasteiger partial charge on any atom is -0.493 e. The van der Waals surface area contributed by atoms with Crippen molar-refractivity contribution in [3.8, 4) is 23.0 Å². The summed E-state index contributed by atoms with van der Waals surface area (Å²) in [7, 11) is 6.37. The number of carbonyl (C=O) groups is 1. The molecule has 1 amide bonds. The van der Waals surface area contributed by atoms with Gasteiger partial charge in [0.05, 0.1) is 28.4 Å². The number of benzene rings is 2. The minimum atomic E-state index is -0.717. The van der Waals surface area contributed by atoms with Crippen molar-refractivity contribution in [2.45, 2.75) is 21.7 Å². The second kappa shape index (κ2) is 6.97. The van der Waals surface area contributed by atoms with Crippen LogP contribution in [0, 0.1) is 0 Å². The second-order valence-corrected chi connectivity index (χ2v) is 8.17. The molecule has 0 aliphatic carbocycles. The van der Waals surface area contributed by atoms with Gasteiger partial charge in [-0.1, -0.05) is 17.8 Å². The normalized spacial score (nSPS) is 22.7. The quantitative estimate of drug-likeness (QED) is 0.542. The number of carbonyl (C=O) groups excluding carboxylic acids is 1. The zero-order valence-corrected chi connectivity index (χ0v) is 17.5. The standard InChI is InChI=1S/C20H20ClNO5S/c1-24-13-6-5-12(8-15(13)26-3)20-18(21)19(23)22(20)10-11-7-14(25-2)16(27-4)9-17(11)28-20/h5-9,18H,10H2,1-4H3/t18-,20+/m1/s1. The van der Waals surface area contributed by atoms with Crippen LogP contribution in [0.2, 0.25) is 0 Å². The van der Waals surface area contributed by atoms with Crippen LogP contribution in [0.25, 0.3) is 0 Å². The zero-order valence-electron chi connectivity index (χ0n) is 15.9. The van der Waals surface area contributed by atoms with Crippen LogP contribution in [0.5, 0.6) is 23.0 Å². The van der Waals surface area contributed by atoms with Gasteiger partial charge < -0.3 is 23.8 Å². The number of halogens is 1. The first-order valence-electron chi connectivity index (χ1n) is 8.62. The number of nitrogens with zero attached hydrogens (tertiary/aromatic N) is 1. The SMILES string of the molecule is COc1ccc([C@@]23Sc4cc(OC)c(OC)cc4CN2C(=O)[C@H]3Cl)cc1OC. The number of ether oxygens (including phenoxy) is 4. The van der Waals surface area contributed by atoms with Crippen molar-refractivity contribution in [3.05, 3.63) is 41.5 Å². The second-order valence-electron chi connectivity index (χ2n) is 6.47. The molecule has 0 radical (unpaired) electrons. The molecule has 2 atom stereocenters. The molecule has 0 bridgehead atoms. The topological polar surface area (TPSA) is 57.2 Å². The average molecular weight is 422 g/mol. The highest BCUT2D eigenvalue weighted by molar-refractivity contribution is 8.00. The number of thioether (sulfide) groups is 1. The van der Waals surface area contributed by atoms with E-state index in [-0.39, 0.29) is 5.91 Å². The van der Waals surface area contributed by atoms with Gasteiger partial charge in [-0.15, -0.1) is 11.6 Å². The zero-order chi connectivity index (χ0) is 20.1. The summed E-state index contributed by atoms with van der Waals surface area (Å²) in [5, 5.41) is -0.683. The number of fused-ring (bicyclic) bond motifs is 2. The van der Waals surface area contributed by atoms with Gasteiger partial charge in [0, 0.05) is 11.4 Å². The first-order valence-corrected chi connectivity index (χ1v) is 9.87. The molecule has 2 aliphatic heterocycles. The number of β-lactam (4-membered cyclic amide) rings is 1. The lowest BCUT2D eigenvalue weighted by Gasteiger charge is -2.57. The van der Waals surface area contributed by atoms with Crippen LogP contribution in [0.15, 0.2) is 35.2 Å². The summed E-state index contributed by atoms with van der Waals surface area (Å²) in [6, 6.07) is 9.49. The van der Waals surface area contributed by atoms with Gasteiger partial charge >= 0.3 is 0 Å². The van der Waals surface area contributed by atoms with Crippen LogP contribution in [-0.4, -0.2) is 44.6 Å². The van der Waals surface area contributed by atoms with Crippen LogP contribution in [0.1, 0.15) is 11.1 Å². The number of amides is 1. The number of methoxy groups -OCH3 is 4. The Morgan fingerprint density at radius 1 is 0.964 bits per heavy atom. The molecule has 2 heterocycles. The molecule has 8 heteroatoms. The molecule has 0 unspecified atom stereocenters. The first-order chi connectivity index (χ1) is 13.5. The molecule has 2 aromatic carbocycles. The summed E-state index contributed by atoms with van der Waals surface area (Å²) in [5.41, 5.74) is 1.88. The Kier molecular flexibility index (Phi) is 4.75. The Labute approximate surface area is 172 Å². The molecule has 2 aliphatic rings. The van der Waals surface area contributed by atoms with Crippen LogP contribution in [0.3, 0.4) is 0 Å². The predicted octanol–water partition coefficient (Wildman–Crippen LogP) is 3.63. The van der Waals surface area contributed by atoms with E-state index in [4.69, 9.17) is 30.5 Å². The van der Waals surface area contributed by atoms with Crippen molar-refractivity contribution in [1.29, 1.82) is 0 Å². The number of hydrogen-bond donors (Lipinski definition) is 0. The van der Waals surface area contributed by atoms with Gasteiger partial charge in [-0.3, -0.25) is 4.79 Å². The molecule has 0 N–H and O–H groups in total. The maximum absolute atomic E-state index is 12.6. The fourth-order valence-electron chi connectivity index (χ4n) is 3.72. The number of rotatable bonds is 5. The molecule has 1 saturated heterocycles. The smallest absolute Gasteiger partial charge is 0.246 e. The highest BCUT2D eigenvalue weighted by atomic mass is 35.5. The van der Waals surface area contributed by atoms with Gasteiger partial charge in [0.25, 0.3) is 0 Å². The van der Waals surface area contributed by atoms with Crippen LogP contribution in [-0.2, 0) is 16.2 Å². The summed E-state index contributed by atoms with van der Waals surface area (Å²) in [6.45, 7) is 0.444. The third-order valence-electron chi connectivity index (χ3n) is 5.19. The van der Waals surface area contributed by atoms with Crippen molar-refractivity contribution >= 4 is 29.3 Å². The maximum atomic E-state index is 12.6. The Balaban J connectivity index is 1.83. The summed E-state index contributed by atoms with van der Waals surface area (Å²) in [6.07, 6.45) is 0. The summed E-state index contributed by atoms with van der Waals surface area (Å²) in [4.78, 5) is 14.7. The molecule has 0 aromatic heterocycles. The van der Waals surface area contributed by atoms with E-state index >= 15 is 0 Å². The van der Waals surface area contributed by atoms with Crippen molar-refractivity contribution < 1.29 is 23.7 Å². The average Bonchev–Trinajstić information content (AvgIpc) is 2.75. The van der Waals surface area contributed by atoms with E-state index in [0.29, 0.717) is 29.5 Å². The van der Waals surface area contributed by atoms with Gasteiger partial charge in [-0.05, 0) is 35.4 Å². The molecular formula is C20H20ClNO5S. The van der Waals surface area contributed by atoms with E-state index in [0.717, 1.165) is 16.0 Å². The monoisotopic (exact) mass is 421 g/mol. The lowest BCUT2D eigenvalue weighted by atomic mass is 9.90. The van der Waals surface area contributed by atoms with Crippen LogP contribution in [0.4, 0.5) is 0 Å². The fourth-order valence-corrected chi connectivity index (χ4v) is 5.68. The lowest BCUT2D eigenvalue weighted by Crippen LogP contribution is -2.68. The Bertz CT molecular complexity index is 952. The summed E-state index contributed by atoms with van der Waals surface area (Å²) >= 11 is 8.13. The Morgan fingerprint density at radius 3 is 2.21 bits per heavy atom. The molecule has 6 nitrogen and oxygen atoms in total. The van der Waals surface area contributed by atoms with Crippen LogP contribution >= 0.6 is 23.4 Å². The van der Waals surface area contributed by atoms with Gasteiger partial charge in [0.15, 0.2) is 23.0 Å². The molecule has 2 aromatic rings. The summed E-state index contributed by atoms with van der Waals surface area (Å²) < 4.78 is 21.6. The number of alkyl halides is 1. The highest BCUT2D eigenvalue weighted by Crippen LogP contribution is 2.61. The van der Waals surface area contributed by atoms with E-state index in [1.807, 2.05) is 30.3 Å². The first kappa shape index (κ1) is 19.1. The molecule has 4 rings (SSSR count). The predicted molar refractivity (Wildman–Crippen MR) is 107 cm³/mol. The molecule has 1 fully saturated rings. The summed E-state index contributed by atoms with van der Waals surface area (Å²) in [5.74, 6) is 2.40. The highest BCUT2D eigenvalue weighted by Gasteiger charge is 2.63. The van der Waals surface area contributed by atoms with E-state index in [1.54, 1.807) is 45.1 Å². The maximum Gasteiger partial charge on any atom is 0.246 e. The van der Waals surface area contributed by atoms with Gasteiger partial charge in [0.1, 0.15) is 10.2 Å². The lowest BCUT2D eigenvalue weighted by molar-refractivity contribution is -0.150.